The van der Waals surface area contributed by atoms with Gasteiger partial charge in [0.05, 0.1) is 12.7 Å². The Kier molecular flexibility index (Phi) is 3.60. The van der Waals surface area contributed by atoms with Gasteiger partial charge in [-0.25, -0.2) is 0 Å². The fourth-order valence-corrected chi connectivity index (χ4v) is 2.18. The van der Waals surface area contributed by atoms with Gasteiger partial charge < -0.3 is 9.84 Å². The Hall–Kier alpha value is -0.600. The van der Waals surface area contributed by atoms with Crippen molar-refractivity contribution in [3.8, 4) is 0 Å². The summed E-state index contributed by atoms with van der Waals surface area (Å²) in [5, 5.41) is 8.89. The molecule has 2 aliphatic rings. The van der Waals surface area contributed by atoms with E-state index < -0.39 is 0 Å². The molecule has 0 aromatic rings. The minimum Gasteiger partial charge on any atom is -0.396 e. The SMILES string of the molecule is CC1C=CC=CC1COC1CC(CO)C1. The van der Waals surface area contributed by atoms with Crippen LogP contribution in [-0.4, -0.2) is 24.4 Å². The van der Waals surface area contributed by atoms with Gasteiger partial charge in [0.1, 0.15) is 0 Å². The number of aliphatic hydroxyl groups excluding tert-OH is 1. The second-order valence-corrected chi connectivity index (χ2v) is 4.77. The molecule has 0 aromatic heterocycles. The van der Waals surface area contributed by atoms with Gasteiger partial charge in [0.25, 0.3) is 0 Å². The molecule has 0 aromatic carbocycles. The van der Waals surface area contributed by atoms with Gasteiger partial charge in [-0.05, 0) is 24.7 Å². The molecule has 0 saturated heterocycles. The van der Waals surface area contributed by atoms with Crippen LogP contribution in [0.4, 0.5) is 0 Å². The summed E-state index contributed by atoms with van der Waals surface area (Å²) in [7, 11) is 0. The molecule has 84 valence electrons. The van der Waals surface area contributed by atoms with E-state index in [1.54, 1.807) is 0 Å². The standard InChI is InChI=1S/C13H20O2/c1-10-4-2-3-5-12(10)9-15-13-6-11(7-13)8-14/h2-5,10-14H,6-9H2,1H3. The molecule has 2 unspecified atom stereocenters. The van der Waals surface area contributed by atoms with E-state index in [0.29, 0.717) is 30.5 Å². The first kappa shape index (κ1) is 10.9. The summed E-state index contributed by atoms with van der Waals surface area (Å²) in [6.45, 7) is 3.37. The maximum absolute atomic E-state index is 8.89. The summed E-state index contributed by atoms with van der Waals surface area (Å²) < 4.78 is 5.82. The van der Waals surface area contributed by atoms with Crippen LogP contribution in [0.15, 0.2) is 24.3 Å². The van der Waals surface area contributed by atoms with Crippen LogP contribution in [-0.2, 0) is 4.74 Å². The van der Waals surface area contributed by atoms with Gasteiger partial charge in [-0.2, -0.15) is 0 Å². The van der Waals surface area contributed by atoms with Crippen LogP contribution in [0.3, 0.4) is 0 Å². The van der Waals surface area contributed by atoms with Gasteiger partial charge >= 0.3 is 0 Å². The highest BCUT2D eigenvalue weighted by Crippen LogP contribution is 2.30. The Balaban J connectivity index is 1.66. The number of aliphatic hydroxyl groups is 1. The molecule has 0 spiro atoms. The number of ether oxygens (including phenoxy) is 1. The fraction of sp³-hybridized carbons (Fsp3) is 0.692. The molecule has 2 atom stereocenters. The highest BCUT2D eigenvalue weighted by Gasteiger charge is 2.29. The first-order valence-corrected chi connectivity index (χ1v) is 5.87. The van der Waals surface area contributed by atoms with E-state index in [0.717, 1.165) is 19.4 Å². The van der Waals surface area contributed by atoms with E-state index in [4.69, 9.17) is 9.84 Å². The molecule has 0 bridgehead atoms. The lowest BCUT2D eigenvalue weighted by atomic mass is 9.83. The lowest BCUT2D eigenvalue weighted by Gasteiger charge is -2.35. The normalized spacial score (nSPS) is 39.1. The summed E-state index contributed by atoms with van der Waals surface area (Å²) >= 11 is 0. The molecule has 0 radical (unpaired) electrons. The lowest BCUT2D eigenvalue weighted by molar-refractivity contribution is -0.0554. The summed E-state index contributed by atoms with van der Waals surface area (Å²) in [4.78, 5) is 0. The average Bonchev–Trinajstić information content (AvgIpc) is 2.18. The van der Waals surface area contributed by atoms with Gasteiger partial charge in [0.15, 0.2) is 0 Å². The molecule has 1 saturated carbocycles. The molecule has 1 N–H and O–H groups in total. The predicted molar refractivity (Wildman–Crippen MR) is 60.5 cm³/mol. The third kappa shape index (κ3) is 2.70. The van der Waals surface area contributed by atoms with Crippen molar-refractivity contribution in [2.24, 2.45) is 17.8 Å². The third-order valence-electron chi connectivity index (χ3n) is 3.53. The molecule has 0 aliphatic heterocycles. The Morgan fingerprint density at radius 1 is 1.27 bits per heavy atom. The van der Waals surface area contributed by atoms with E-state index in [2.05, 4.69) is 31.2 Å². The molecule has 0 amide bonds. The summed E-state index contributed by atoms with van der Waals surface area (Å²) in [6.07, 6.45) is 11.1. The maximum atomic E-state index is 8.89. The van der Waals surface area contributed by atoms with Crippen molar-refractivity contribution in [1.82, 2.24) is 0 Å². The second-order valence-electron chi connectivity index (χ2n) is 4.77. The second kappa shape index (κ2) is 4.95. The number of hydrogen-bond donors (Lipinski definition) is 1. The summed E-state index contributed by atoms with van der Waals surface area (Å²) in [5.41, 5.74) is 0. The zero-order valence-corrected chi connectivity index (χ0v) is 9.30. The number of rotatable bonds is 4. The van der Waals surface area contributed by atoms with Crippen LogP contribution in [0, 0.1) is 17.8 Å². The van der Waals surface area contributed by atoms with Gasteiger partial charge in [0.2, 0.25) is 0 Å². The maximum Gasteiger partial charge on any atom is 0.0582 e. The summed E-state index contributed by atoms with van der Waals surface area (Å²) in [6, 6.07) is 0. The molecule has 2 heteroatoms. The number of allylic oxidation sites excluding steroid dienone is 3. The Morgan fingerprint density at radius 3 is 2.67 bits per heavy atom. The Morgan fingerprint density at radius 2 is 2.00 bits per heavy atom. The van der Waals surface area contributed by atoms with Crippen LogP contribution in [0.25, 0.3) is 0 Å². The van der Waals surface area contributed by atoms with Crippen molar-refractivity contribution in [1.29, 1.82) is 0 Å². The highest BCUT2D eigenvalue weighted by atomic mass is 16.5. The monoisotopic (exact) mass is 208 g/mol. The minimum atomic E-state index is 0.322. The predicted octanol–water partition coefficient (Wildman–Crippen LogP) is 2.15. The van der Waals surface area contributed by atoms with Crippen LogP contribution in [0.5, 0.6) is 0 Å². The van der Waals surface area contributed by atoms with Gasteiger partial charge in [-0.1, -0.05) is 31.2 Å². The molecule has 1 fully saturated rings. The van der Waals surface area contributed by atoms with E-state index in [9.17, 15) is 0 Å². The van der Waals surface area contributed by atoms with Crippen molar-refractivity contribution in [3.05, 3.63) is 24.3 Å². The molecule has 0 heterocycles. The van der Waals surface area contributed by atoms with E-state index in [-0.39, 0.29) is 0 Å². The van der Waals surface area contributed by atoms with E-state index >= 15 is 0 Å². The van der Waals surface area contributed by atoms with Crippen LogP contribution in [0.1, 0.15) is 19.8 Å². The molecule has 15 heavy (non-hydrogen) atoms. The average molecular weight is 208 g/mol. The van der Waals surface area contributed by atoms with Gasteiger partial charge in [-0.15, -0.1) is 0 Å². The first-order chi connectivity index (χ1) is 7.29. The van der Waals surface area contributed by atoms with E-state index in [1.165, 1.54) is 0 Å². The zero-order valence-electron chi connectivity index (χ0n) is 9.30. The van der Waals surface area contributed by atoms with Crippen LogP contribution < -0.4 is 0 Å². The van der Waals surface area contributed by atoms with Crippen molar-refractivity contribution in [3.63, 3.8) is 0 Å². The Bertz CT molecular complexity index is 251. The third-order valence-corrected chi connectivity index (χ3v) is 3.53. The van der Waals surface area contributed by atoms with Crippen molar-refractivity contribution < 1.29 is 9.84 Å². The Labute approximate surface area is 91.6 Å². The fourth-order valence-electron chi connectivity index (χ4n) is 2.18. The van der Waals surface area contributed by atoms with Gasteiger partial charge in [-0.3, -0.25) is 0 Å². The molecule has 2 aliphatic carbocycles. The topological polar surface area (TPSA) is 29.5 Å². The van der Waals surface area contributed by atoms with Gasteiger partial charge in [0, 0.05) is 12.5 Å². The lowest BCUT2D eigenvalue weighted by Crippen LogP contribution is -2.35. The molecule has 2 rings (SSSR count). The molecular weight excluding hydrogens is 188 g/mol. The molecular formula is C13H20O2. The quantitative estimate of drug-likeness (QED) is 0.767. The zero-order chi connectivity index (χ0) is 10.7. The minimum absolute atomic E-state index is 0.322. The number of hydrogen-bond acceptors (Lipinski definition) is 2. The summed E-state index contributed by atoms with van der Waals surface area (Å²) in [5.74, 6) is 1.61. The van der Waals surface area contributed by atoms with Crippen LogP contribution >= 0.6 is 0 Å². The largest absolute Gasteiger partial charge is 0.396 e. The van der Waals surface area contributed by atoms with Crippen molar-refractivity contribution in [2.45, 2.75) is 25.9 Å². The van der Waals surface area contributed by atoms with Crippen molar-refractivity contribution in [2.75, 3.05) is 13.2 Å². The highest BCUT2D eigenvalue weighted by molar-refractivity contribution is 5.13. The first-order valence-electron chi connectivity index (χ1n) is 5.87. The molecule has 2 nitrogen and oxygen atoms in total. The van der Waals surface area contributed by atoms with Crippen LogP contribution in [0.2, 0.25) is 0 Å². The smallest absolute Gasteiger partial charge is 0.0582 e. The van der Waals surface area contributed by atoms with E-state index in [1.807, 2.05) is 0 Å². The van der Waals surface area contributed by atoms with Crippen molar-refractivity contribution >= 4 is 0 Å².